The van der Waals surface area contributed by atoms with Crippen LogP contribution in [0.5, 0.6) is 0 Å². The summed E-state index contributed by atoms with van der Waals surface area (Å²) in [7, 11) is 0. The van der Waals surface area contributed by atoms with Crippen LogP contribution in [0.25, 0.3) is 0 Å². The summed E-state index contributed by atoms with van der Waals surface area (Å²) in [6.07, 6.45) is -0.542. The number of hydrogen-bond donors (Lipinski definition) is 1. The lowest BCUT2D eigenvalue weighted by Gasteiger charge is -1.80. The fourth-order valence-electron chi connectivity index (χ4n) is 0.316. The summed E-state index contributed by atoms with van der Waals surface area (Å²) in [5, 5.41) is 0.792. The Morgan fingerprint density at radius 2 is 3.00 bits per heavy atom. The number of rotatable bonds is 0. The number of cyclic esters (lactones) is 1. The highest BCUT2D eigenvalue weighted by atomic mass is 16.6. The quantitative estimate of drug-likeness (QED) is 0.442. The van der Waals surface area contributed by atoms with Gasteiger partial charge in [-0.05, 0) is 0 Å². The normalized spacial score (nSPS) is 23.7. The summed E-state index contributed by atoms with van der Waals surface area (Å²) in [6.45, 7) is 0.765. The van der Waals surface area contributed by atoms with Crippen molar-refractivity contribution in [1.82, 2.24) is 5.31 Å². The molecule has 3 nitrogen and oxygen atoms in total. The van der Waals surface area contributed by atoms with Crippen LogP contribution in [0.2, 0.25) is 1.41 Å². The van der Waals surface area contributed by atoms with Crippen molar-refractivity contribution in [2.24, 2.45) is 0 Å². The molecule has 6 heavy (non-hydrogen) atoms. The molecule has 0 saturated carbocycles. The largest absolute Gasteiger partial charge is 0.448 e. The summed E-state index contributed by atoms with van der Waals surface area (Å²) in [6, 6.07) is 0. The van der Waals surface area contributed by atoms with Gasteiger partial charge < -0.3 is 10.0 Å². The second-order valence-electron chi connectivity index (χ2n) is 0.996. The summed E-state index contributed by atoms with van der Waals surface area (Å²) < 4.78 is 11.1. The van der Waals surface area contributed by atoms with Crippen molar-refractivity contribution in [2.75, 3.05) is 13.2 Å². The van der Waals surface area contributed by atoms with Gasteiger partial charge in [-0.1, -0.05) is 0 Å². The van der Waals surface area contributed by atoms with E-state index in [1.807, 2.05) is 0 Å². The van der Waals surface area contributed by atoms with Gasteiger partial charge in [0.2, 0.25) is 0 Å². The molecule has 1 rings (SSSR count). The van der Waals surface area contributed by atoms with Crippen LogP contribution in [0.1, 0.15) is 0 Å². The number of hydrogen-bond acceptors (Lipinski definition) is 2. The van der Waals surface area contributed by atoms with E-state index < -0.39 is 6.09 Å². The lowest BCUT2D eigenvalue weighted by Crippen LogP contribution is -2.11. The van der Waals surface area contributed by atoms with Gasteiger partial charge in [-0.15, -0.1) is 0 Å². The number of alkyl carbamates (subject to hydrolysis) is 1. The number of ether oxygens (including phenoxy) is 1. The van der Waals surface area contributed by atoms with E-state index in [4.69, 9.17) is 1.41 Å². The predicted molar refractivity (Wildman–Crippen MR) is 19.4 cm³/mol. The number of nitrogens with one attached hydrogen (secondary N) is 1. The van der Waals surface area contributed by atoms with Gasteiger partial charge in [-0.2, -0.15) is 0 Å². The second kappa shape index (κ2) is 1.16. The van der Waals surface area contributed by atoms with Crippen molar-refractivity contribution in [2.45, 2.75) is 0 Å². The van der Waals surface area contributed by atoms with Crippen molar-refractivity contribution in [1.29, 1.82) is 0 Å². The molecule has 1 amide bonds. The third kappa shape index (κ3) is 0.429. The van der Waals surface area contributed by atoms with E-state index in [-0.39, 0.29) is 0 Å². The molecular weight excluding hydrogens is 82.0 g/mol. The third-order valence-electron chi connectivity index (χ3n) is 0.558. The topological polar surface area (TPSA) is 38.3 Å². The molecule has 0 radical (unpaired) electrons. The molecule has 1 aliphatic rings. The highest BCUT2D eigenvalue weighted by Gasteiger charge is 2.06. The first-order chi connectivity index (χ1) is 3.30. The maximum absolute atomic E-state index is 10.1. The molecule has 1 saturated heterocycles. The van der Waals surface area contributed by atoms with Crippen LogP contribution in [0, 0.1) is 0 Å². The van der Waals surface area contributed by atoms with E-state index in [9.17, 15) is 4.79 Å². The third-order valence-corrected chi connectivity index (χ3v) is 0.558. The van der Waals surface area contributed by atoms with Crippen molar-refractivity contribution < 1.29 is 10.9 Å². The Bertz CT molecular complexity index is 94.9. The van der Waals surface area contributed by atoms with Crippen molar-refractivity contribution in [3.8, 4) is 0 Å². The van der Waals surface area contributed by atoms with Gasteiger partial charge in [-0.25, -0.2) is 4.79 Å². The van der Waals surface area contributed by atoms with Gasteiger partial charge in [0.1, 0.15) is 6.61 Å². The molecule has 1 aliphatic heterocycles. The number of carbonyl (C=O) groups is 1. The van der Waals surface area contributed by atoms with Crippen LogP contribution >= 0.6 is 0 Å². The maximum atomic E-state index is 10.1. The molecule has 0 spiro atoms. The summed E-state index contributed by atoms with van der Waals surface area (Å²) in [4.78, 5) is 10.1. The first-order valence-electron chi connectivity index (χ1n) is 2.18. The van der Waals surface area contributed by atoms with Crippen molar-refractivity contribution in [3.05, 3.63) is 0 Å². The Morgan fingerprint density at radius 3 is 3.17 bits per heavy atom. The van der Waals surface area contributed by atoms with E-state index in [2.05, 4.69) is 4.74 Å². The zero-order chi connectivity index (χ0) is 5.28. The van der Waals surface area contributed by atoms with E-state index >= 15 is 0 Å². The monoisotopic (exact) mass is 88.0 g/mol. The molecule has 0 aromatic rings. The van der Waals surface area contributed by atoms with E-state index in [0.717, 1.165) is 5.31 Å². The highest BCUT2D eigenvalue weighted by molar-refractivity contribution is 5.68. The molecule has 0 atom stereocenters. The first-order valence-corrected chi connectivity index (χ1v) is 1.74. The number of amides is 1. The van der Waals surface area contributed by atoms with Crippen LogP contribution in [-0.4, -0.2) is 19.2 Å². The second-order valence-corrected chi connectivity index (χ2v) is 0.996. The Kier molecular flexibility index (Phi) is 0.473. The lowest BCUT2D eigenvalue weighted by molar-refractivity contribution is 0.178. The Balaban J connectivity index is 2.48. The van der Waals surface area contributed by atoms with E-state index in [0.29, 0.717) is 13.2 Å². The SMILES string of the molecule is [2H]N1CCOC1=O. The molecule has 34 valence electrons. The van der Waals surface area contributed by atoms with Gasteiger partial charge in [0, 0.05) is 0 Å². The highest BCUT2D eigenvalue weighted by Crippen LogP contribution is 1.82. The fraction of sp³-hybridized carbons (Fsp3) is 0.667. The Labute approximate surface area is 36.8 Å². The van der Waals surface area contributed by atoms with Gasteiger partial charge in [0.15, 0.2) is 1.41 Å². The van der Waals surface area contributed by atoms with Crippen molar-refractivity contribution in [3.63, 3.8) is 0 Å². The zero-order valence-corrected chi connectivity index (χ0v) is 3.18. The summed E-state index contributed by atoms with van der Waals surface area (Å²) >= 11 is 0. The van der Waals surface area contributed by atoms with Crippen LogP contribution in [0.3, 0.4) is 0 Å². The number of carbonyl (C=O) groups excluding carboxylic acids is 1. The van der Waals surface area contributed by atoms with Crippen molar-refractivity contribution >= 4 is 6.09 Å². The van der Waals surface area contributed by atoms with Crippen LogP contribution in [0.4, 0.5) is 4.79 Å². The Morgan fingerprint density at radius 1 is 2.17 bits per heavy atom. The molecule has 0 aromatic heterocycles. The molecule has 3 heteroatoms. The molecule has 0 aliphatic carbocycles. The minimum atomic E-state index is -0.542. The minimum absolute atomic E-state index is 0.363. The van der Waals surface area contributed by atoms with Crippen LogP contribution < -0.4 is 5.31 Å². The minimum Gasteiger partial charge on any atom is -0.448 e. The molecule has 0 unspecified atom stereocenters. The standard InChI is InChI=1S/C3H5NO2/c5-3-4-1-2-6-3/h1-2H2,(H,4,5)/i/hD. The zero-order valence-electron chi connectivity index (χ0n) is 4.18. The maximum Gasteiger partial charge on any atom is 0.407 e. The molecular formula is C3H5NO2. The predicted octanol–water partition coefficient (Wildman–Crippen LogP) is -0.274. The average Bonchev–Trinajstić information content (AvgIpc) is 1.91. The van der Waals surface area contributed by atoms with Crippen LogP contribution in [0.15, 0.2) is 0 Å². The summed E-state index contributed by atoms with van der Waals surface area (Å²) in [5.41, 5.74) is 0. The Hall–Kier alpha value is -0.730. The van der Waals surface area contributed by atoms with E-state index in [1.54, 1.807) is 0 Å². The van der Waals surface area contributed by atoms with Gasteiger partial charge in [0.05, 0.1) is 6.54 Å². The van der Waals surface area contributed by atoms with Crippen LogP contribution in [-0.2, 0) is 4.74 Å². The van der Waals surface area contributed by atoms with E-state index in [1.165, 1.54) is 0 Å². The first kappa shape index (κ1) is 2.44. The molecule has 1 N–H and O–H groups in total. The molecule has 1 fully saturated rings. The molecule has 1 heterocycles. The molecule has 0 aromatic carbocycles. The van der Waals surface area contributed by atoms with Gasteiger partial charge >= 0.3 is 6.09 Å². The smallest absolute Gasteiger partial charge is 0.407 e. The lowest BCUT2D eigenvalue weighted by atomic mass is 10.7. The van der Waals surface area contributed by atoms with Gasteiger partial charge in [-0.3, -0.25) is 0 Å². The fourth-order valence-corrected chi connectivity index (χ4v) is 0.316. The average molecular weight is 88.1 g/mol. The molecule has 0 bridgehead atoms. The van der Waals surface area contributed by atoms with Gasteiger partial charge in [0.25, 0.3) is 0 Å². The summed E-state index contributed by atoms with van der Waals surface area (Å²) in [5.74, 6) is 0.